The number of hydrogen-bond donors (Lipinski definition) is 2. The van der Waals surface area contributed by atoms with Gasteiger partial charge in [0, 0.05) is 23.7 Å². The minimum absolute atomic E-state index is 0.311. The van der Waals surface area contributed by atoms with Gasteiger partial charge in [0.05, 0.1) is 5.69 Å². The Labute approximate surface area is 146 Å². The molecule has 4 nitrogen and oxygen atoms in total. The summed E-state index contributed by atoms with van der Waals surface area (Å²) >= 11 is 1.62. The third kappa shape index (κ3) is 4.04. The highest BCUT2D eigenvalue weighted by atomic mass is 32.2. The lowest BCUT2D eigenvalue weighted by molar-refractivity contribution is 0.169. The zero-order chi connectivity index (χ0) is 16.9. The molecule has 0 aliphatic rings. The molecule has 2 N–H and O–H groups in total. The lowest BCUT2D eigenvalue weighted by Crippen LogP contribution is -2.04. The predicted octanol–water partition coefficient (Wildman–Crippen LogP) is 4.36. The van der Waals surface area contributed by atoms with Crippen molar-refractivity contribution in [2.75, 3.05) is 0 Å². The van der Waals surface area contributed by atoms with Crippen LogP contribution in [0.3, 0.4) is 0 Å². The van der Waals surface area contributed by atoms with Crippen molar-refractivity contribution in [2.24, 2.45) is 0 Å². The molecule has 5 heteroatoms. The van der Waals surface area contributed by atoms with Crippen LogP contribution < -0.4 is 0 Å². The highest BCUT2D eigenvalue weighted by Gasteiger charge is 2.19. The smallest absolute Gasteiger partial charge is 0.136 e. The first-order chi connectivity index (χ1) is 11.6. The highest BCUT2D eigenvalue weighted by molar-refractivity contribution is 7.99. The van der Waals surface area contributed by atoms with E-state index in [9.17, 15) is 5.11 Å². The summed E-state index contributed by atoms with van der Waals surface area (Å²) in [5.74, 6) is 0.930. The van der Waals surface area contributed by atoms with Crippen molar-refractivity contribution < 1.29 is 5.11 Å². The Morgan fingerprint density at radius 2 is 1.79 bits per heavy atom. The average Bonchev–Trinajstić information content (AvgIpc) is 3.01. The second-order valence-electron chi connectivity index (χ2n) is 5.99. The Kier molecular flexibility index (Phi) is 5.33. The maximum absolute atomic E-state index is 10.5. The van der Waals surface area contributed by atoms with E-state index in [1.54, 1.807) is 24.2 Å². The standard InChI is InChI=1S/C19H21N3OS/c1-13(2)17-19(24-15-6-4-3-5-7-15)22-18(21-17)16(23)12-14-8-10-20-11-9-14/h3-11,13,16,23H,12H2,1-2H3,(H,21,22). The van der Waals surface area contributed by atoms with Gasteiger partial charge in [-0.15, -0.1) is 0 Å². The van der Waals surface area contributed by atoms with E-state index < -0.39 is 6.10 Å². The van der Waals surface area contributed by atoms with E-state index in [0.717, 1.165) is 21.2 Å². The van der Waals surface area contributed by atoms with Crippen molar-refractivity contribution in [1.29, 1.82) is 0 Å². The van der Waals surface area contributed by atoms with E-state index in [1.807, 2.05) is 30.3 Å². The van der Waals surface area contributed by atoms with Crippen molar-refractivity contribution in [1.82, 2.24) is 15.0 Å². The van der Waals surface area contributed by atoms with Crippen LogP contribution in [-0.2, 0) is 6.42 Å². The van der Waals surface area contributed by atoms with E-state index in [4.69, 9.17) is 0 Å². The molecule has 2 heterocycles. The summed E-state index contributed by atoms with van der Waals surface area (Å²) in [5, 5.41) is 11.5. The molecule has 0 spiro atoms. The van der Waals surface area contributed by atoms with Gasteiger partial charge in [0.15, 0.2) is 0 Å². The molecule has 24 heavy (non-hydrogen) atoms. The summed E-state index contributed by atoms with van der Waals surface area (Å²) in [4.78, 5) is 13.1. The number of aliphatic hydroxyl groups excluding tert-OH is 1. The van der Waals surface area contributed by atoms with E-state index in [1.165, 1.54) is 0 Å². The van der Waals surface area contributed by atoms with Crippen molar-refractivity contribution in [3.63, 3.8) is 0 Å². The molecule has 1 aromatic carbocycles. The van der Waals surface area contributed by atoms with Crippen LogP contribution in [0, 0.1) is 0 Å². The lowest BCUT2D eigenvalue weighted by atomic mass is 10.1. The zero-order valence-corrected chi connectivity index (χ0v) is 14.6. The first-order valence-electron chi connectivity index (χ1n) is 8.03. The minimum Gasteiger partial charge on any atom is -0.385 e. The van der Waals surface area contributed by atoms with E-state index in [2.05, 4.69) is 40.9 Å². The fraction of sp³-hybridized carbons (Fsp3) is 0.263. The Morgan fingerprint density at radius 1 is 1.08 bits per heavy atom. The number of aliphatic hydroxyl groups is 1. The van der Waals surface area contributed by atoms with Crippen LogP contribution >= 0.6 is 11.8 Å². The van der Waals surface area contributed by atoms with Gasteiger partial charge in [-0.2, -0.15) is 0 Å². The van der Waals surface area contributed by atoms with Crippen molar-refractivity contribution in [3.05, 3.63) is 71.9 Å². The summed E-state index contributed by atoms with van der Waals surface area (Å²) < 4.78 is 0. The molecule has 0 bridgehead atoms. The number of hydrogen-bond acceptors (Lipinski definition) is 4. The minimum atomic E-state index is -0.657. The quantitative estimate of drug-likeness (QED) is 0.700. The van der Waals surface area contributed by atoms with E-state index >= 15 is 0 Å². The number of pyridine rings is 1. The van der Waals surface area contributed by atoms with Crippen LogP contribution in [0.1, 0.15) is 43.0 Å². The zero-order valence-electron chi connectivity index (χ0n) is 13.8. The van der Waals surface area contributed by atoms with Crippen LogP contribution in [0.2, 0.25) is 0 Å². The molecule has 3 aromatic rings. The van der Waals surface area contributed by atoms with Gasteiger partial charge in [0.1, 0.15) is 17.0 Å². The maximum Gasteiger partial charge on any atom is 0.136 e. The van der Waals surface area contributed by atoms with Crippen LogP contribution in [0.25, 0.3) is 0 Å². The second kappa shape index (κ2) is 7.64. The van der Waals surface area contributed by atoms with Crippen LogP contribution in [0.5, 0.6) is 0 Å². The van der Waals surface area contributed by atoms with Gasteiger partial charge in [-0.05, 0) is 35.7 Å². The Hall–Kier alpha value is -2.11. The van der Waals surface area contributed by atoms with Crippen molar-refractivity contribution >= 4 is 11.8 Å². The van der Waals surface area contributed by atoms with Gasteiger partial charge >= 0.3 is 0 Å². The highest BCUT2D eigenvalue weighted by Crippen LogP contribution is 2.33. The molecule has 0 saturated heterocycles. The molecule has 1 unspecified atom stereocenters. The molecule has 3 rings (SSSR count). The van der Waals surface area contributed by atoms with Crippen molar-refractivity contribution in [3.8, 4) is 0 Å². The first-order valence-corrected chi connectivity index (χ1v) is 8.85. The summed E-state index contributed by atoms with van der Waals surface area (Å²) in [6.07, 6.45) is 3.33. The number of imidazole rings is 1. The molecular weight excluding hydrogens is 318 g/mol. The van der Waals surface area contributed by atoms with Gasteiger partial charge in [-0.3, -0.25) is 4.98 Å². The topological polar surface area (TPSA) is 61.8 Å². The van der Waals surface area contributed by atoms with Gasteiger partial charge < -0.3 is 10.1 Å². The van der Waals surface area contributed by atoms with Gasteiger partial charge in [0.2, 0.25) is 0 Å². The van der Waals surface area contributed by atoms with Crippen LogP contribution in [0.15, 0.2) is 64.8 Å². The first kappa shape index (κ1) is 16.7. The van der Waals surface area contributed by atoms with E-state index in [-0.39, 0.29) is 0 Å². The largest absolute Gasteiger partial charge is 0.385 e. The number of aromatic nitrogens is 3. The number of aromatic amines is 1. The normalized spacial score (nSPS) is 12.5. The molecule has 0 amide bonds. The summed E-state index contributed by atoms with van der Waals surface area (Å²) in [5.41, 5.74) is 2.10. The van der Waals surface area contributed by atoms with Crippen LogP contribution in [-0.4, -0.2) is 20.1 Å². The number of H-pyrrole nitrogens is 1. The van der Waals surface area contributed by atoms with Crippen molar-refractivity contribution in [2.45, 2.75) is 42.2 Å². The number of benzene rings is 1. The predicted molar refractivity (Wildman–Crippen MR) is 96.1 cm³/mol. The molecule has 0 aliphatic heterocycles. The second-order valence-corrected chi connectivity index (χ2v) is 7.05. The lowest BCUT2D eigenvalue weighted by Gasteiger charge is -2.07. The Morgan fingerprint density at radius 3 is 2.46 bits per heavy atom. The molecule has 0 saturated carbocycles. The molecule has 124 valence electrons. The summed E-state index contributed by atoms with van der Waals surface area (Å²) in [6, 6.07) is 14.0. The van der Waals surface area contributed by atoms with Crippen LogP contribution in [0.4, 0.5) is 0 Å². The number of rotatable bonds is 6. The van der Waals surface area contributed by atoms with Gasteiger partial charge in [-0.1, -0.05) is 43.8 Å². The van der Waals surface area contributed by atoms with Gasteiger partial charge in [0.25, 0.3) is 0 Å². The average molecular weight is 339 g/mol. The van der Waals surface area contributed by atoms with Gasteiger partial charge in [-0.25, -0.2) is 4.98 Å². The fourth-order valence-corrected chi connectivity index (χ4v) is 3.51. The third-order valence-electron chi connectivity index (χ3n) is 3.74. The molecule has 2 aromatic heterocycles. The third-order valence-corrected chi connectivity index (χ3v) is 4.76. The Balaban J connectivity index is 1.82. The molecule has 0 aliphatic carbocycles. The summed E-state index contributed by atoms with van der Waals surface area (Å²) in [7, 11) is 0. The number of nitrogens with one attached hydrogen (secondary N) is 1. The molecule has 1 atom stereocenters. The molecular formula is C19H21N3OS. The maximum atomic E-state index is 10.5. The molecule has 0 radical (unpaired) electrons. The van der Waals surface area contributed by atoms with E-state index in [0.29, 0.717) is 18.2 Å². The SMILES string of the molecule is CC(C)c1[nH]c(C(O)Cc2ccncc2)nc1Sc1ccccc1. The summed E-state index contributed by atoms with van der Waals surface area (Å²) in [6.45, 7) is 4.25. The monoisotopic (exact) mass is 339 g/mol. The molecule has 0 fully saturated rings. The fourth-order valence-electron chi connectivity index (χ4n) is 2.45. The Bertz CT molecular complexity index is 772. The number of nitrogens with zero attached hydrogens (tertiary/aromatic N) is 2.